The molecule has 1 aromatic carbocycles. The van der Waals surface area contributed by atoms with Crippen molar-refractivity contribution < 1.29 is 19.5 Å². The van der Waals surface area contributed by atoms with Gasteiger partial charge in [-0.15, -0.1) is 10.1 Å². The average molecular weight is 295 g/mol. The third-order valence-corrected chi connectivity index (χ3v) is 3.00. The predicted octanol–water partition coefficient (Wildman–Crippen LogP) is 2.74. The van der Waals surface area contributed by atoms with Crippen LogP contribution in [0.25, 0.3) is 0 Å². The molecule has 1 atom stereocenters. The number of benzene rings is 1. The minimum Gasteiger partial charge on any atom is -0.463 e. The molecule has 0 saturated carbocycles. The first-order valence-corrected chi connectivity index (χ1v) is 6.93. The predicted molar refractivity (Wildman–Crippen MR) is 77.3 cm³/mol. The summed E-state index contributed by atoms with van der Waals surface area (Å²) in [5, 5.41) is 9.04. The highest BCUT2D eigenvalue weighted by molar-refractivity contribution is 5.77. The van der Waals surface area contributed by atoms with E-state index in [2.05, 4.69) is 18.7 Å². The summed E-state index contributed by atoms with van der Waals surface area (Å²) in [6, 6.07) is 7.85. The second-order valence-electron chi connectivity index (χ2n) is 5.29. The van der Waals surface area contributed by atoms with Crippen molar-refractivity contribution in [1.82, 2.24) is 0 Å². The minimum absolute atomic E-state index is 0.129. The van der Waals surface area contributed by atoms with E-state index < -0.39 is 17.0 Å². The number of hydrogen-bond donors (Lipinski definition) is 0. The Morgan fingerprint density at radius 3 is 2.33 bits per heavy atom. The first kappa shape index (κ1) is 16.9. The quantitative estimate of drug-likeness (QED) is 0.319. The van der Waals surface area contributed by atoms with Crippen molar-refractivity contribution in [3.63, 3.8) is 0 Å². The number of nitrogens with zero attached hydrogens (tertiary/aromatic N) is 1. The van der Waals surface area contributed by atoms with Gasteiger partial charge in [0, 0.05) is 0 Å². The Hall–Kier alpha value is -2.11. The van der Waals surface area contributed by atoms with E-state index in [1.165, 1.54) is 5.56 Å². The lowest BCUT2D eigenvalue weighted by Gasteiger charge is -2.12. The number of rotatable bonds is 8. The molecule has 0 fully saturated rings. The van der Waals surface area contributed by atoms with Gasteiger partial charge in [-0.3, -0.25) is 4.79 Å². The van der Waals surface area contributed by atoms with Crippen LogP contribution in [0.15, 0.2) is 24.3 Å². The molecule has 0 spiro atoms. The van der Waals surface area contributed by atoms with Crippen molar-refractivity contribution in [3.05, 3.63) is 45.5 Å². The van der Waals surface area contributed by atoms with Gasteiger partial charge in [-0.1, -0.05) is 38.1 Å². The van der Waals surface area contributed by atoms with Gasteiger partial charge in [0.2, 0.25) is 0 Å². The molecule has 0 bridgehead atoms. The summed E-state index contributed by atoms with van der Waals surface area (Å²) in [4.78, 5) is 25.8. The van der Waals surface area contributed by atoms with Crippen LogP contribution in [0.1, 0.15) is 37.8 Å². The molecule has 0 aliphatic carbocycles. The van der Waals surface area contributed by atoms with Crippen LogP contribution in [0.2, 0.25) is 0 Å². The number of hydrogen-bond acceptors (Lipinski definition) is 5. The van der Waals surface area contributed by atoms with Crippen LogP contribution < -0.4 is 0 Å². The van der Waals surface area contributed by atoms with Gasteiger partial charge in [0.15, 0.2) is 0 Å². The smallest absolute Gasteiger partial charge is 0.313 e. The SMILES string of the molecule is CC(C)Cc1ccc([C@H](C)C(=O)OCCO[N+](=O)[O-])cc1. The Morgan fingerprint density at radius 1 is 1.19 bits per heavy atom. The van der Waals surface area contributed by atoms with Crippen molar-refractivity contribution in [2.24, 2.45) is 5.92 Å². The minimum atomic E-state index is -0.912. The largest absolute Gasteiger partial charge is 0.463 e. The number of carbonyl (C=O) groups is 1. The molecule has 21 heavy (non-hydrogen) atoms. The molecule has 0 aliphatic rings. The lowest BCUT2D eigenvalue weighted by Crippen LogP contribution is -2.17. The highest BCUT2D eigenvalue weighted by Crippen LogP contribution is 2.18. The molecule has 1 aromatic rings. The standard InChI is InChI=1S/C15H21NO5/c1-11(2)10-13-4-6-14(7-5-13)12(3)15(17)20-8-9-21-16(18)19/h4-7,11-12H,8-10H2,1-3H3/t12-/m0/s1. The van der Waals surface area contributed by atoms with E-state index in [9.17, 15) is 14.9 Å². The molecule has 0 heterocycles. The van der Waals surface area contributed by atoms with Gasteiger partial charge in [-0.05, 0) is 30.4 Å². The zero-order valence-electron chi connectivity index (χ0n) is 12.6. The van der Waals surface area contributed by atoms with E-state index in [1.54, 1.807) is 6.92 Å². The van der Waals surface area contributed by atoms with Crippen molar-refractivity contribution in [1.29, 1.82) is 0 Å². The Morgan fingerprint density at radius 2 is 1.81 bits per heavy atom. The van der Waals surface area contributed by atoms with E-state index >= 15 is 0 Å². The molecule has 1 rings (SSSR count). The molecule has 6 heteroatoms. The van der Waals surface area contributed by atoms with Gasteiger partial charge >= 0.3 is 5.97 Å². The second-order valence-corrected chi connectivity index (χ2v) is 5.29. The molecule has 116 valence electrons. The zero-order valence-corrected chi connectivity index (χ0v) is 12.6. The van der Waals surface area contributed by atoms with Gasteiger partial charge < -0.3 is 9.57 Å². The van der Waals surface area contributed by atoms with Crippen LogP contribution >= 0.6 is 0 Å². The van der Waals surface area contributed by atoms with Crippen molar-refractivity contribution in [3.8, 4) is 0 Å². The highest BCUT2D eigenvalue weighted by Gasteiger charge is 2.16. The fourth-order valence-electron chi connectivity index (χ4n) is 1.93. The van der Waals surface area contributed by atoms with Gasteiger partial charge in [0.05, 0.1) is 5.92 Å². The van der Waals surface area contributed by atoms with Gasteiger partial charge in [-0.25, -0.2) is 0 Å². The van der Waals surface area contributed by atoms with Gasteiger partial charge in [-0.2, -0.15) is 0 Å². The Labute approximate surface area is 124 Å². The maximum Gasteiger partial charge on any atom is 0.313 e. The molecule has 0 amide bonds. The second kappa shape index (κ2) is 8.24. The first-order valence-electron chi connectivity index (χ1n) is 6.93. The summed E-state index contributed by atoms with van der Waals surface area (Å²) in [5.74, 6) is -0.243. The Bertz CT molecular complexity index is 469. The summed E-state index contributed by atoms with van der Waals surface area (Å²) in [6.07, 6.45) is 0.997. The molecule has 0 radical (unpaired) electrons. The van der Waals surface area contributed by atoms with E-state index in [-0.39, 0.29) is 13.2 Å². The Balaban J connectivity index is 2.48. The molecule has 0 aliphatic heterocycles. The highest BCUT2D eigenvalue weighted by atomic mass is 17.0. The molecule has 0 N–H and O–H groups in total. The number of ether oxygens (including phenoxy) is 1. The van der Waals surface area contributed by atoms with E-state index in [1.807, 2.05) is 24.3 Å². The molecule has 0 aromatic heterocycles. The van der Waals surface area contributed by atoms with Gasteiger partial charge in [0.1, 0.15) is 13.2 Å². The van der Waals surface area contributed by atoms with Crippen LogP contribution in [-0.4, -0.2) is 24.3 Å². The molecule has 0 unspecified atom stereocenters. The van der Waals surface area contributed by atoms with Crippen LogP contribution in [0.3, 0.4) is 0 Å². The van der Waals surface area contributed by atoms with E-state index in [0.29, 0.717) is 5.92 Å². The lowest BCUT2D eigenvalue weighted by molar-refractivity contribution is -0.757. The van der Waals surface area contributed by atoms with E-state index in [0.717, 1.165) is 12.0 Å². The fourth-order valence-corrected chi connectivity index (χ4v) is 1.93. The lowest BCUT2D eigenvalue weighted by atomic mass is 9.97. The van der Waals surface area contributed by atoms with Crippen LogP contribution in [0.5, 0.6) is 0 Å². The van der Waals surface area contributed by atoms with Crippen LogP contribution in [0, 0.1) is 16.0 Å². The normalized spacial score (nSPS) is 12.0. The summed E-state index contributed by atoms with van der Waals surface area (Å²) < 4.78 is 4.94. The maximum absolute atomic E-state index is 11.8. The van der Waals surface area contributed by atoms with Crippen LogP contribution in [0.4, 0.5) is 0 Å². The summed E-state index contributed by atoms with van der Waals surface area (Å²) in [6.45, 7) is 5.67. The van der Waals surface area contributed by atoms with Crippen molar-refractivity contribution >= 4 is 5.97 Å². The topological polar surface area (TPSA) is 78.7 Å². The Kier molecular flexibility index (Phi) is 6.65. The monoisotopic (exact) mass is 295 g/mol. The number of esters is 1. The zero-order chi connectivity index (χ0) is 15.8. The molecular weight excluding hydrogens is 274 g/mol. The van der Waals surface area contributed by atoms with Gasteiger partial charge in [0.25, 0.3) is 5.09 Å². The fraction of sp³-hybridized carbons (Fsp3) is 0.533. The molecule has 6 nitrogen and oxygen atoms in total. The van der Waals surface area contributed by atoms with Crippen LogP contribution in [-0.2, 0) is 20.8 Å². The summed E-state index contributed by atoms with van der Waals surface area (Å²) in [7, 11) is 0. The van der Waals surface area contributed by atoms with E-state index in [4.69, 9.17) is 4.74 Å². The maximum atomic E-state index is 11.8. The molecular formula is C15H21NO5. The third kappa shape index (κ3) is 6.25. The first-order chi connectivity index (χ1) is 9.90. The van der Waals surface area contributed by atoms with Crippen molar-refractivity contribution in [2.75, 3.05) is 13.2 Å². The summed E-state index contributed by atoms with van der Waals surface area (Å²) in [5.41, 5.74) is 2.09. The average Bonchev–Trinajstić information content (AvgIpc) is 2.42. The third-order valence-electron chi connectivity index (χ3n) is 3.00. The summed E-state index contributed by atoms with van der Waals surface area (Å²) >= 11 is 0. The number of carbonyl (C=O) groups excluding carboxylic acids is 1. The van der Waals surface area contributed by atoms with Crippen molar-refractivity contribution in [2.45, 2.75) is 33.1 Å². The molecule has 0 saturated heterocycles.